The summed E-state index contributed by atoms with van der Waals surface area (Å²) in [4.78, 5) is 12.2. The second kappa shape index (κ2) is 4.96. The van der Waals surface area contributed by atoms with E-state index in [9.17, 15) is 9.18 Å². The first-order valence-corrected chi connectivity index (χ1v) is 6.59. The van der Waals surface area contributed by atoms with Gasteiger partial charge in [-0.15, -0.1) is 0 Å². The Kier molecular flexibility index (Phi) is 3.16. The van der Waals surface area contributed by atoms with Crippen molar-refractivity contribution in [2.75, 3.05) is 0 Å². The molecule has 96 valence electrons. The van der Waals surface area contributed by atoms with Crippen LogP contribution in [0.2, 0.25) is 0 Å². The second-order valence-corrected chi connectivity index (χ2v) is 5.05. The highest BCUT2D eigenvalue weighted by Crippen LogP contribution is 2.31. The van der Waals surface area contributed by atoms with Crippen LogP contribution >= 0.6 is 0 Å². The molecular weight excluding hydrogens is 239 g/mol. The van der Waals surface area contributed by atoms with Gasteiger partial charge in [0, 0.05) is 12.3 Å². The highest BCUT2D eigenvalue weighted by molar-refractivity contribution is 5.88. The Morgan fingerprint density at radius 2 is 1.74 bits per heavy atom. The van der Waals surface area contributed by atoms with Crippen LogP contribution in [0.15, 0.2) is 48.5 Å². The fraction of sp³-hybridized carbons (Fsp3) is 0.235. The average molecular weight is 254 g/mol. The highest BCUT2D eigenvalue weighted by atomic mass is 19.1. The van der Waals surface area contributed by atoms with Gasteiger partial charge in [-0.1, -0.05) is 36.4 Å². The number of rotatable bonds is 2. The number of carbonyl (C=O) groups excluding carboxylic acids is 1. The van der Waals surface area contributed by atoms with Crippen LogP contribution in [0.25, 0.3) is 0 Å². The largest absolute Gasteiger partial charge is 0.299 e. The molecule has 0 amide bonds. The summed E-state index contributed by atoms with van der Waals surface area (Å²) in [6.45, 7) is 0. The lowest BCUT2D eigenvalue weighted by molar-refractivity contribution is -0.120. The van der Waals surface area contributed by atoms with E-state index in [1.165, 1.54) is 17.7 Å². The van der Waals surface area contributed by atoms with Gasteiger partial charge in [0.15, 0.2) is 0 Å². The number of aryl methyl sites for hydroxylation is 1. The van der Waals surface area contributed by atoms with E-state index in [1.807, 2.05) is 18.2 Å². The smallest absolute Gasteiger partial charge is 0.141 e. The van der Waals surface area contributed by atoms with Gasteiger partial charge in [0.2, 0.25) is 0 Å². The van der Waals surface area contributed by atoms with Gasteiger partial charge in [0.1, 0.15) is 11.6 Å². The third kappa shape index (κ3) is 2.43. The first-order valence-electron chi connectivity index (χ1n) is 6.59. The first kappa shape index (κ1) is 12.1. The normalized spacial score (nSPS) is 18.2. The second-order valence-electron chi connectivity index (χ2n) is 5.05. The predicted octanol–water partition coefficient (Wildman–Crippen LogP) is 3.67. The average Bonchev–Trinajstić information content (AvgIpc) is 2.44. The van der Waals surface area contributed by atoms with Crippen LogP contribution in [-0.4, -0.2) is 5.78 Å². The van der Waals surface area contributed by atoms with E-state index in [4.69, 9.17) is 0 Å². The number of hydrogen-bond acceptors (Lipinski definition) is 1. The third-order valence-corrected chi connectivity index (χ3v) is 3.81. The fourth-order valence-corrected chi connectivity index (χ4v) is 2.79. The lowest BCUT2D eigenvalue weighted by Crippen LogP contribution is -2.22. The summed E-state index contributed by atoms with van der Waals surface area (Å²) in [5.74, 6) is -0.0162. The molecule has 1 nitrogen and oxygen atoms in total. The van der Waals surface area contributed by atoms with Crippen molar-refractivity contribution in [3.63, 3.8) is 0 Å². The van der Waals surface area contributed by atoms with Gasteiger partial charge in [-0.2, -0.15) is 0 Å². The minimum absolute atomic E-state index is 0.0737. The van der Waals surface area contributed by atoms with Crippen LogP contribution in [0, 0.1) is 5.82 Å². The molecular formula is C17H15FO. The molecule has 0 spiro atoms. The summed E-state index contributed by atoms with van der Waals surface area (Å²) >= 11 is 0. The predicted molar refractivity (Wildman–Crippen MR) is 72.6 cm³/mol. The minimum atomic E-state index is -0.237. The van der Waals surface area contributed by atoms with E-state index >= 15 is 0 Å². The number of hydrogen-bond donors (Lipinski definition) is 0. The number of fused-ring (bicyclic) bond motifs is 1. The Morgan fingerprint density at radius 3 is 2.53 bits per heavy atom. The molecule has 0 unspecified atom stereocenters. The topological polar surface area (TPSA) is 17.1 Å². The monoisotopic (exact) mass is 254 g/mol. The Bertz CT molecular complexity index is 601. The molecule has 19 heavy (non-hydrogen) atoms. The van der Waals surface area contributed by atoms with Crippen LogP contribution in [0.1, 0.15) is 29.0 Å². The molecule has 0 N–H and O–H groups in total. The van der Waals surface area contributed by atoms with Gasteiger partial charge in [0.25, 0.3) is 0 Å². The lowest BCUT2D eigenvalue weighted by Gasteiger charge is -2.24. The van der Waals surface area contributed by atoms with E-state index in [-0.39, 0.29) is 11.7 Å². The maximum Gasteiger partial charge on any atom is 0.141 e. The van der Waals surface area contributed by atoms with Gasteiger partial charge in [-0.05, 0) is 41.7 Å². The summed E-state index contributed by atoms with van der Waals surface area (Å²) < 4.78 is 12.9. The first-order chi connectivity index (χ1) is 9.24. The van der Waals surface area contributed by atoms with Crippen molar-refractivity contribution in [2.45, 2.75) is 25.2 Å². The van der Waals surface area contributed by atoms with Crippen molar-refractivity contribution in [3.8, 4) is 0 Å². The molecule has 0 heterocycles. The van der Waals surface area contributed by atoms with Crippen LogP contribution in [-0.2, 0) is 17.6 Å². The van der Waals surface area contributed by atoms with Gasteiger partial charge >= 0.3 is 0 Å². The number of carbonyl (C=O) groups is 1. The van der Waals surface area contributed by atoms with Crippen molar-refractivity contribution in [2.24, 2.45) is 0 Å². The summed E-state index contributed by atoms with van der Waals surface area (Å²) in [5, 5.41) is 0. The fourth-order valence-electron chi connectivity index (χ4n) is 2.79. The van der Waals surface area contributed by atoms with Crippen molar-refractivity contribution in [1.29, 1.82) is 0 Å². The SMILES string of the molecule is O=C1CCc2ccccc2[C@H]1Cc1ccc(F)cc1. The Balaban J connectivity index is 1.91. The molecule has 0 bridgehead atoms. The maximum absolute atomic E-state index is 12.9. The molecule has 2 aromatic carbocycles. The van der Waals surface area contributed by atoms with Crippen LogP contribution in [0.5, 0.6) is 0 Å². The van der Waals surface area contributed by atoms with E-state index in [1.54, 1.807) is 12.1 Å². The van der Waals surface area contributed by atoms with Gasteiger partial charge in [-0.25, -0.2) is 4.39 Å². The third-order valence-electron chi connectivity index (χ3n) is 3.81. The van der Waals surface area contributed by atoms with Crippen molar-refractivity contribution in [1.82, 2.24) is 0 Å². The molecule has 0 aromatic heterocycles. The van der Waals surface area contributed by atoms with Crippen LogP contribution in [0.3, 0.4) is 0 Å². The molecule has 1 aliphatic carbocycles. The quantitative estimate of drug-likeness (QED) is 0.799. The van der Waals surface area contributed by atoms with E-state index in [0.29, 0.717) is 18.6 Å². The number of benzene rings is 2. The molecule has 3 rings (SSSR count). The molecule has 2 aromatic rings. The molecule has 0 fully saturated rings. The van der Waals surface area contributed by atoms with Crippen LogP contribution in [0.4, 0.5) is 4.39 Å². The molecule has 0 saturated carbocycles. The van der Waals surface area contributed by atoms with Crippen molar-refractivity contribution >= 4 is 5.78 Å². The molecule has 0 radical (unpaired) electrons. The number of halogens is 1. The molecule has 2 heteroatoms. The van der Waals surface area contributed by atoms with Gasteiger partial charge < -0.3 is 0 Å². The summed E-state index contributed by atoms with van der Waals surface area (Å²) in [5.41, 5.74) is 3.42. The lowest BCUT2D eigenvalue weighted by atomic mass is 9.79. The number of Topliss-reactive ketones (excluding diaryl/α,β-unsaturated/α-hetero) is 1. The zero-order valence-electron chi connectivity index (χ0n) is 10.6. The summed E-state index contributed by atoms with van der Waals surface area (Å²) in [6, 6.07) is 14.6. The standard InChI is InChI=1S/C17H15FO/c18-14-8-5-12(6-9-14)11-16-15-4-2-1-3-13(15)7-10-17(16)19/h1-6,8-9,16H,7,10-11H2/t16-/m1/s1. The van der Waals surface area contributed by atoms with E-state index < -0.39 is 0 Å². The van der Waals surface area contributed by atoms with Crippen molar-refractivity contribution in [3.05, 3.63) is 71.0 Å². The van der Waals surface area contributed by atoms with Crippen molar-refractivity contribution < 1.29 is 9.18 Å². The van der Waals surface area contributed by atoms with Gasteiger partial charge in [0.05, 0.1) is 0 Å². The van der Waals surface area contributed by atoms with Gasteiger partial charge in [-0.3, -0.25) is 4.79 Å². The molecule has 0 saturated heterocycles. The minimum Gasteiger partial charge on any atom is -0.299 e. The van der Waals surface area contributed by atoms with E-state index in [0.717, 1.165) is 17.5 Å². The Labute approximate surface area is 112 Å². The molecule has 1 atom stereocenters. The Hall–Kier alpha value is -1.96. The number of ketones is 1. The maximum atomic E-state index is 12.9. The molecule has 1 aliphatic rings. The summed E-state index contributed by atoms with van der Waals surface area (Å²) in [6.07, 6.45) is 2.12. The summed E-state index contributed by atoms with van der Waals surface area (Å²) in [7, 11) is 0. The van der Waals surface area contributed by atoms with E-state index in [2.05, 4.69) is 6.07 Å². The zero-order valence-corrected chi connectivity index (χ0v) is 10.6. The Morgan fingerprint density at radius 1 is 1.00 bits per heavy atom. The molecule has 0 aliphatic heterocycles. The highest BCUT2D eigenvalue weighted by Gasteiger charge is 2.27. The van der Waals surface area contributed by atoms with Crippen LogP contribution < -0.4 is 0 Å². The zero-order chi connectivity index (χ0) is 13.2.